The molecule has 2 aromatic rings. The molecule has 0 fully saturated rings. The van der Waals surface area contributed by atoms with Crippen molar-refractivity contribution in [2.24, 2.45) is 0 Å². The Morgan fingerprint density at radius 2 is 1.80 bits per heavy atom. The van der Waals surface area contributed by atoms with E-state index in [1.165, 1.54) is 11.6 Å². The molecule has 0 amide bonds. The van der Waals surface area contributed by atoms with E-state index in [-0.39, 0.29) is 11.9 Å². The zero-order valence-corrected chi connectivity index (χ0v) is 13.9. The summed E-state index contributed by atoms with van der Waals surface area (Å²) >= 11 is 9.52. The van der Waals surface area contributed by atoms with E-state index in [1.807, 2.05) is 33.0 Å². The van der Waals surface area contributed by atoms with Crippen molar-refractivity contribution in [1.29, 1.82) is 0 Å². The van der Waals surface area contributed by atoms with Crippen molar-refractivity contribution in [1.82, 2.24) is 5.32 Å². The molecular weight excluding hydrogens is 341 g/mol. The van der Waals surface area contributed by atoms with Crippen molar-refractivity contribution >= 4 is 27.5 Å². The number of rotatable bonds is 3. The molecule has 0 heterocycles. The lowest BCUT2D eigenvalue weighted by Crippen LogP contribution is -2.18. The van der Waals surface area contributed by atoms with Crippen LogP contribution in [0, 0.1) is 19.7 Å². The van der Waals surface area contributed by atoms with E-state index in [4.69, 9.17) is 11.6 Å². The summed E-state index contributed by atoms with van der Waals surface area (Å²) in [6.07, 6.45) is 0. The molecule has 2 aromatic carbocycles. The first-order valence-corrected chi connectivity index (χ1v) is 7.50. The maximum Gasteiger partial charge on any atom is 0.137 e. The van der Waals surface area contributed by atoms with E-state index in [2.05, 4.69) is 27.3 Å². The Balaban J connectivity index is 2.52. The number of hydrogen-bond donors (Lipinski definition) is 1. The zero-order chi connectivity index (χ0) is 14.9. The lowest BCUT2D eigenvalue weighted by Gasteiger charge is -2.20. The second kappa shape index (κ2) is 6.25. The summed E-state index contributed by atoms with van der Waals surface area (Å²) in [5, 5.41) is 3.89. The van der Waals surface area contributed by atoms with Crippen LogP contribution in [-0.2, 0) is 0 Å². The van der Waals surface area contributed by atoms with Gasteiger partial charge in [-0.15, -0.1) is 0 Å². The van der Waals surface area contributed by atoms with Crippen LogP contribution in [-0.4, -0.2) is 7.05 Å². The van der Waals surface area contributed by atoms with Crippen LogP contribution < -0.4 is 5.32 Å². The van der Waals surface area contributed by atoms with Crippen molar-refractivity contribution in [2.75, 3.05) is 7.05 Å². The minimum absolute atomic E-state index is 0.135. The quantitative estimate of drug-likeness (QED) is 0.800. The van der Waals surface area contributed by atoms with Gasteiger partial charge in [-0.05, 0) is 77.3 Å². The fourth-order valence-electron chi connectivity index (χ4n) is 2.22. The summed E-state index contributed by atoms with van der Waals surface area (Å²) < 4.78 is 14.2. The van der Waals surface area contributed by atoms with Gasteiger partial charge < -0.3 is 5.32 Å². The standard InChI is InChI=1S/C16H16BrClFN/c1-9-6-12(14(18)7-10(9)2)16(20-3)11-4-5-13(17)15(19)8-11/h4-8,16,20H,1-3H3. The van der Waals surface area contributed by atoms with Crippen LogP contribution in [0.5, 0.6) is 0 Å². The number of aryl methyl sites for hydroxylation is 2. The normalized spacial score (nSPS) is 12.5. The predicted molar refractivity (Wildman–Crippen MR) is 85.9 cm³/mol. The fourth-order valence-corrected chi connectivity index (χ4v) is 2.79. The first-order valence-electron chi connectivity index (χ1n) is 6.33. The lowest BCUT2D eigenvalue weighted by molar-refractivity contribution is 0.610. The highest BCUT2D eigenvalue weighted by atomic mass is 79.9. The van der Waals surface area contributed by atoms with Gasteiger partial charge in [0.15, 0.2) is 0 Å². The highest BCUT2D eigenvalue weighted by Gasteiger charge is 2.17. The van der Waals surface area contributed by atoms with Crippen LogP contribution in [0.1, 0.15) is 28.3 Å². The molecule has 1 atom stereocenters. The number of benzene rings is 2. The van der Waals surface area contributed by atoms with Gasteiger partial charge in [-0.25, -0.2) is 4.39 Å². The number of hydrogen-bond acceptors (Lipinski definition) is 1. The van der Waals surface area contributed by atoms with Gasteiger partial charge in [0.25, 0.3) is 0 Å². The van der Waals surface area contributed by atoms with E-state index in [0.29, 0.717) is 9.50 Å². The molecule has 2 rings (SSSR count). The topological polar surface area (TPSA) is 12.0 Å². The van der Waals surface area contributed by atoms with Gasteiger partial charge in [-0.3, -0.25) is 0 Å². The minimum Gasteiger partial charge on any atom is -0.309 e. The van der Waals surface area contributed by atoms with Crippen LogP contribution in [0.15, 0.2) is 34.8 Å². The Kier molecular flexibility index (Phi) is 4.84. The Morgan fingerprint density at radius 3 is 2.40 bits per heavy atom. The van der Waals surface area contributed by atoms with Gasteiger partial charge in [0.2, 0.25) is 0 Å². The summed E-state index contributed by atoms with van der Waals surface area (Å²) in [7, 11) is 1.84. The highest BCUT2D eigenvalue weighted by Crippen LogP contribution is 2.31. The number of halogens is 3. The average molecular weight is 357 g/mol. The summed E-state index contributed by atoms with van der Waals surface area (Å²) in [5.74, 6) is -0.275. The van der Waals surface area contributed by atoms with E-state index < -0.39 is 0 Å². The monoisotopic (exact) mass is 355 g/mol. The third-order valence-corrected chi connectivity index (χ3v) is 4.46. The van der Waals surface area contributed by atoms with Crippen LogP contribution >= 0.6 is 27.5 Å². The van der Waals surface area contributed by atoms with Gasteiger partial charge in [0.05, 0.1) is 10.5 Å². The van der Waals surface area contributed by atoms with Gasteiger partial charge in [-0.1, -0.05) is 23.7 Å². The zero-order valence-electron chi connectivity index (χ0n) is 11.6. The van der Waals surface area contributed by atoms with Gasteiger partial charge in [-0.2, -0.15) is 0 Å². The van der Waals surface area contributed by atoms with Crippen molar-refractivity contribution in [2.45, 2.75) is 19.9 Å². The molecule has 0 aliphatic carbocycles. The van der Waals surface area contributed by atoms with Crippen molar-refractivity contribution in [3.05, 3.63) is 67.9 Å². The second-order valence-corrected chi connectivity index (χ2v) is 6.11. The molecule has 0 aliphatic heterocycles. The van der Waals surface area contributed by atoms with E-state index in [9.17, 15) is 4.39 Å². The summed E-state index contributed by atoms with van der Waals surface area (Å²) in [4.78, 5) is 0. The molecule has 106 valence electrons. The maximum atomic E-state index is 13.7. The van der Waals surface area contributed by atoms with Crippen LogP contribution in [0.4, 0.5) is 4.39 Å². The third-order valence-electron chi connectivity index (χ3n) is 3.49. The maximum absolute atomic E-state index is 13.7. The SMILES string of the molecule is CNC(c1ccc(Br)c(F)c1)c1cc(C)c(C)cc1Cl. The molecule has 0 saturated carbocycles. The molecule has 1 nitrogen and oxygen atoms in total. The minimum atomic E-state index is -0.275. The first kappa shape index (κ1) is 15.5. The molecule has 4 heteroatoms. The van der Waals surface area contributed by atoms with Crippen LogP contribution in [0.2, 0.25) is 5.02 Å². The first-order chi connectivity index (χ1) is 9.43. The molecule has 0 saturated heterocycles. The van der Waals surface area contributed by atoms with Crippen LogP contribution in [0.3, 0.4) is 0 Å². The lowest BCUT2D eigenvalue weighted by atomic mass is 9.95. The highest BCUT2D eigenvalue weighted by molar-refractivity contribution is 9.10. The molecule has 0 spiro atoms. The van der Waals surface area contributed by atoms with Crippen LogP contribution in [0.25, 0.3) is 0 Å². The molecule has 0 bridgehead atoms. The second-order valence-electron chi connectivity index (χ2n) is 4.85. The Hall–Kier alpha value is -0.900. The van der Waals surface area contributed by atoms with Crippen molar-refractivity contribution < 1.29 is 4.39 Å². The molecule has 20 heavy (non-hydrogen) atoms. The van der Waals surface area contributed by atoms with Crippen molar-refractivity contribution in [3.63, 3.8) is 0 Å². The third kappa shape index (κ3) is 3.05. The van der Waals surface area contributed by atoms with Gasteiger partial charge >= 0.3 is 0 Å². The predicted octanol–water partition coefficient (Wildman–Crippen LogP) is 5.17. The number of nitrogens with one attached hydrogen (secondary N) is 1. The largest absolute Gasteiger partial charge is 0.309 e. The smallest absolute Gasteiger partial charge is 0.137 e. The molecule has 1 unspecified atom stereocenters. The molecule has 1 N–H and O–H groups in total. The molecular formula is C16H16BrClFN. The summed E-state index contributed by atoms with van der Waals surface area (Å²) in [5.41, 5.74) is 4.12. The summed E-state index contributed by atoms with van der Waals surface area (Å²) in [6, 6.07) is 9.00. The van der Waals surface area contributed by atoms with Gasteiger partial charge in [0, 0.05) is 5.02 Å². The molecule has 0 radical (unpaired) electrons. The Morgan fingerprint density at radius 1 is 1.15 bits per heavy atom. The summed E-state index contributed by atoms with van der Waals surface area (Å²) in [6.45, 7) is 4.07. The average Bonchev–Trinajstić information content (AvgIpc) is 2.40. The van der Waals surface area contributed by atoms with E-state index in [0.717, 1.165) is 16.7 Å². The molecule has 0 aliphatic rings. The van der Waals surface area contributed by atoms with Gasteiger partial charge in [0.1, 0.15) is 5.82 Å². The van der Waals surface area contributed by atoms with Crippen molar-refractivity contribution in [3.8, 4) is 0 Å². The van der Waals surface area contributed by atoms with E-state index in [1.54, 1.807) is 6.07 Å². The van der Waals surface area contributed by atoms with E-state index >= 15 is 0 Å². The Labute approximate surface area is 132 Å². The molecule has 0 aromatic heterocycles. The Bertz CT molecular complexity index is 643. The fraction of sp³-hybridized carbons (Fsp3) is 0.250.